The number of likely N-dealkylation sites (tertiary alicyclic amines) is 1. The average molecular weight is 314 g/mol. The minimum Gasteiger partial charge on any atom is -0.370 e. The van der Waals surface area contributed by atoms with Gasteiger partial charge in [-0.1, -0.05) is 18.2 Å². The van der Waals surface area contributed by atoms with Crippen LogP contribution in [-0.4, -0.2) is 49.6 Å². The first-order chi connectivity index (χ1) is 10.5. The van der Waals surface area contributed by atoms with E-state index >= 15 is 0 Å². The van der Waals surface area contributed by atoms with Gasteiger partial charge >= 0.3 is 6.36 Å². The van der Waals surface area contributed by atoms with Crippen LogP contribution in [0, 0.1) is 0 Å². The largest absolute Gasteiger partial charge is 0.522 e. The first-order valence-corrected chi connectivity index (χ1v) is 7.80. The molecule has 0 radical (unpaired) electrons. The lowest BCUT2D eigenvalue weighted by Crippen LogP contribution is -2.45. The summed E-state index contributed by atoms with van der Waals surface area (Å²) < 4.78 is 40.8. The highest BCUT2D eigenvalue weighted by Gasteiger charge is 2.37. The van der Waals surface area contributed by atoms with Crippen LogP contribution in [0.2, 0.25) is 0 Å². The predicted molar refractivity (Wildman–Crippen MR) is 78.8 cm³/mol. The number of hydrogen-bond acceptors (Lipinski definition) is 3. The number of para-hydroxylation sites is 1. The lowest BCUT2D eigenvalue weighted by molar-refractivity contribution is -0.346. The molecule has 1 unspecified atom stereocenters. The Morgan fingerprint density at radius 1 is 0.955 bits per heavy atom. The van der Waals surface area contributed by atoms with Crippen molar-refractivity contribution in [2.45, 2.75) is 37.8 Å². The molecule has 6 heteroatoms. The minimum atomic E-state index is -4.51. The maximum absolute atomic E-state index is 12.2. The van der Waals surface area contributed by atoms with E-state index in [0.29, 0.717) is 32.0 Å². The molecule has 22 heavy (non-hydrogen) atoms. The first kappa shape index (κ1) is 15.6. The van der Waals surface area contributed by atoms with Gasteiger partial charge in [-0.3, -0.25) is 9.64 Å². The van der Waals surface area contributed by atoms with Crippen molar-refractivity contribution in [2.75, 3.05) is 31.1 Å². The molecule has 0 aliphatic carbocycles. The van der Waals surface area contributed by atoms with Crippen molar-refractivity contribution in [3.05, 3.63) is 30.3 Å². The number of alkyl halides is 3. The lowest BCUT2D eigenvalue weighted by atomic mass is 10.1. The first-order valence-electron chi connectivity index (χ1n) is 7.80. The van der Waals surface area contributed by atoms with E-state index in [4.69, 9.17) is 0 Å². The lowest BCUT2D eigenvalue weighted by Gasteiger charge is -2.36. The molecule has 1 aromatic rings. The topological polar surface area (TPSA) is 15.7 Å². The van der Waals surface area contributed by atoms with Gasteiger partial charge in [0.1, 0.15) is 0 Å². The fourth-order valence-electron chi connectivity index (χ4n) is 3.46. The van der Waals surface area contributed by atoms with Crippen molar-refractivity contribution in [1.82, 2.24) is 4.90 Å². The Labute approximate surface area is 128 Å². The Hall–Kier alpha value is -1.27. The zero-order valence-electron chi connectivity index (χ0n) is 12.4. The van der Waals surface area contributed by atoms with Gasteiger partial charge in [0.15, 0.2) is 0 Å². The molecule has 0 saturated carbocycles. The predicted octanol–water partition coefficient (Wildman–Crippen LogP) is 3.27. The fraction of sp³-hybridized carbons (Fsp3) is 0.625. The van der Waals surface area contributed by atoms with Crippen LogP contribution in [0.25, 0.3) is 0 Å². The molecule has 2 aliphatic heterocycles. The van der Waals surface area contributed by atoms with E-state index in [9.17, 15) is 13.2 Å². The number of rotatable bonds is 3. The summed E-state index contributed by atoms with van der Waals surface area (Å²) in [5.41, 5.74) is 1.22. The van der Waals surface area contributed by atoms with Crippen LogP contribution in [0.4, 0.5) is 18.9 Å². The molecule has 3 nitrogen and oxygen atoms in total. The van der Waals surface area contributed by atoms with Gasteiger partial charge in [0.2, 0.25) is 0 Å². The highest BCUT2D eigenvalue weighted by Crippen LogP contribution is 2.28. The second-order valence-electron chi connectivity index (χ2n) is 6.02. The molecule has 0 aromatic heterocycles. The number of piperidine rings is 1. The minimum absolute atomic E-state index is 0.437. The van der Waals surface area contributed by atoms with Crippen LogP contribution in [0.5, 0.6) is 0 Å². The molecule has 2 heterocycles. The highest BCUT2D eigenvalue weighted by molar-refractivity contribution is 5.47. The third-order valence-electron chi connectivity index (χ3n) is 4.58. The van der Waals surface area contributed by atoms with Crippen LogP contribution in [0.15, 0.2) is 30.3 Å². The maximum Gasteiger partial charge on any atom is 0.522 e. The molecule has 0 amide bonds. The van der Waals surface area contributed by atoms with Crippen molar-refractivity contribution in [3.8, 4) is 0 Å². The van der Waals surface area contributed by atoms with E-state index in [1.807, 2.05) is 18.2 Å². The summed E-state index contributed by atoms with van der Waals surface area (Å²) in [7, 11) is 0. The van der Waals surface area contributed by atoms with Crippen LogP contribution < -0.4 is 4.90 Å². The molecule has 0 N–H and O–H groups in total. The molecule has 1 atom stereocenters. The van der Waals surface area contributed by atoms with Gasteiger partial charge in [0.25, 0.3) is 0 Å². The summed E-state index contributed by atoms with van der Waals surface area (Å²) in [6.45, 7) is 3.34. The monoisotopic (exact) mass is 314 g/mol. The summed E-state index contributed by atoms with van der Waals surface area (Å²) in [4.78, 5) is 4.67. The Kier molecular flexibility index (Phi) is 4.59. The Morgan fingerprint density at radius 3 is 2.27 bits per heavy atom. The van der Waals surface area contributed by atoms with E-state index < -0.39 is 12.5 Å². The normalized spacial score (nSPS) is 24.9. The second-order valence-corrected chi connectivity index (χ2v) is 6.02. The van der Waals surface area contributed by atoms with E-state index in [1.165, 1.54) is 5.69 Å². The maximum atomic E-state index is 12.2. The van der Waals surface area contributed by atoms with E-state index in [1.54, 1.807) is 0 Å². The molecular weight excluding hydrogens is 293 g/mol. The number of benzene rings is 1. The summed E-state index contributed by atoms with van der Waals surface area (Å²) in [6, 6.07) is 10.7. The Morgan fingerprint density at radius 2 is 1.64 bits per heavy atom. The molecule has 2 aliphatic rings. The molecule has 0 bridgehead atoms. The van der Waals surface area contributed by atoms with Gasteiger partial charge in [-0.25, -0.2) is 0 Å². The molecule has 2 fully saturated rings. The molecule has 0 spiro atoms. The van der Waals surface area contributed by atoms with Crippen molar-refractivity contribution in [2.24, 2.45) is 0 Å². The number of anilines is 1. The van der Waals surface area contributed by atoms with E-state index in [0.717, 1.165) is 19.5 Å². The third kappa shape index (κ3) is 3.93. The summed E-state index contributed by atoms with van der Waals surface area (Å²) >= 11 is 0. The number of halogens is 3. The summed E-state index contributed by atoms with van der Waals surface area (Å²) in [5.74, 6) is 0. The van der Waals surface area contributed by atoms with Crippen molar-refractivity contribution in [3.63, 3.8) is 0 Å². The van der Waals surface area contributed by atoms with Crippen molar-refractivity contribution >= 4 is 5.69 Å². The number of ether oxygens (including phenoxy) is 1. The van der Waals surface area contributed by atoms with Gasteiger partial charge in [-0.2, -0.15) is 0 Å². The SMILES string of the molecule is FC(F)(F)OC1CCN(C2CCN(c3ccccc3)C2)CC1. The zero-order chi connectivity index (χ0) is 15.6. The number of hydrogen-bond donors (Lipinski definition) is 0. The third-order valence-corrected chi connectivity index (χ3v) is 4.58. The number of nitrogens with zero attached hydrogens (tertiary/aromatic N) is 2. The van der Waals surface area contributed by atoms with Gasteiger partial charge in [-0.05, 0) is 31.4 Å². The van der Waals surface area contributed by atoms with Gasteiger partial charge in [0, 0.05) is 37.9 Å². The van der Waals surface area contributed by atoms with Crippen LogP contribution in [0.3, 0.4) is 0 Å². The van der Waals surface area contributed by atoms with E-state index in [-0.39, 0.29) is 0 Å². The smallest absolute Gasteiger partial charge is 0.370 e. The average Bonchev–Trinajstić information content (AvgIpc) is 2.97. The van der Waals surface area contributed by atoms with Crippen LogP contribution >= 0.6 is 0 Å². The fourth-order valence-corrected chi connectivity index (χ4v) is 3.46. The second kappa shape index (κ2) is 6.46. The molecular formula is C16H21F3N2O. The van der Waals surface area contributed by atoms with Crippen LogP contribution in [0.1, 0.15) is 19.3 Å². The molecule has 2 saturated heterocycles. The van der Waals surface area contributed by atoms with Gasteiger partial charge in [0.05, 0.1) is 6.10 Å². The van der Waals surface area contributed by atoms with Gasteiger partial charge in [-0.15, -0.1) is 13.2 Å². The van der Waals surface area contributed by atoms with Crippen LogP contribution in [-0.2, 0) is 4.74 Å². The summed E-state index contributed by atoms with van der Waals surface area (Å²) in [6.07, 6.45) is -3.20. The molecule has 3 rings (SSSR count). The molecule has 122 valence electrons. The highest BCUT2D eigenvalue weighted by atomic mass is 19.4. The zero-order valence-corrected chi connectivity index (χ0v) is 12.4. The van der Waals surface area contributed by atoms with E-state index in [2.05, 4.69) is 26.7 Å². The quantitative estimate of drug-likeness (QED) is 0.852. The standard InChI is InChI=1S/C16H21F3N2O/c17-16(18,19)22-15-7-10-20(11-8-15)14-6-9-21(12-14)13-4-2-1-3-5-13/h1-5,14-15H,6-12H2. The Balaban J connectivity index is 1.49. The van der Waals surface area contributed by atoms with Gasteiger partial charge < -0.3 is 4.90 Å². The summed E-state index contributed by atoms with van der Waals surface area (Å²) in [5, 5.41) is 0. The Bertz CT molecular complexity index is 472. The van der Waals surface area contributed by atoms with Crippen molar-refractivity contribution < 1.29 is 17.9 Å². The molecule has 1 aromatic carbocycles. The van der Waals surface area contributed by atoms with Crippen molar-refractivity contribution in [1.29, 1.82) is 0 Å².